The quantitative estimate of drug-likeness (QED) is 0.870. The Morgan fingerprint density at radius 2 is 1.95 bits per heavy atom. The molecule has 112 valence electrons. The average molecular weight is 280 g/mol. The Labute approximate surface area is 120 Å². The highest BCUT2D eigenvalue weighted by molar-refractivity contribution is 5.27. The third-order valence-electron chi connectivity index (χ3n) is 4.53. The van der Waals surface area contributed by atoms with Crippen LogP contribution in [0.15, 0.2) is 18.2 Å². The number of phenols is 1. The molecule has 1 aromatic rings. The van der Waals surface area contributed by atoms with Gasteiger partial charge in [-0.2, -0.15) is 0 Å². The molecule has 0 spiro atoms. The first-order valence-corrected chi connectivity index (χ1v) is 7.39. The van der Waals surface area contributed by atoms with Crippen molar-refractivity contribution in [2.75, 3.05) is 20.6 Å². The molecule has 0 aliphatic heterocycles. The van der Waals surface area contributed by atoms with E-state index < -0.39 is 5.82 Å². The van der Waals surface area contributed by atoms with Gasteiger partial charge in [0.25, 0.3) is 0 Å². The monoisotopic (exact) mass is 280 g/mol. The SMILES string of the molecule is CN(C)C1(CNCc2ccc(O)c(F)c2)CCCCC1. The normalized spacial score (nSPS) is 18.4. The standard InChI is InChI=1S/C16H25FN2O/c1-19(2)16(8-4-3-5-9-16)12-18-11-13-6-7-15(20)14(17)10-13/h6-7,10,18,20H,3-5,8-9,11-12H2,1-2H3. The number of rotatable bonds is 5. The smallest absolute Gasteiger partial charge is 0.165 e. The van der Waals surface area contributed by atoms with E-state index in [9.17, 15) is 9.50 Å². The maximum absolute atomic E-state index is 13.3. The first kappa shape index (κ1) is 15.3. The minimum atomic E-state index is -0.552. The van der Waals surface area contributed by atoms with Crippen molar-refractivity contribution in [3.8, 4) is 5.75 Å². The van der Waals surface area contributed by atoms with Crippen LogP contribution >= 0.6 is 0 Å². The number of likely N-dealkylation sites (N-methyl/N-ethyl adjacent to an activating group) is 1. The molecule has 0 bridgehead atoms. The van der Waals surface area contributed by atoms with E-state index in [-0.39, 0.29) is 11.3 Å². The number of nitrogens with zero attached hydrogens (tertiary/aromatic N) is 1. The highest BCUT2D eigenvalue weighted by Crippen LogP contribution is 2.31. The molecule has 2 N–H and O–H groups in total. The van der Waals surface area contributed by atoms with Gasteiger partial charge >= 0.3 is 0 Å². The maximum Gasteiger partial charge on any atom is 0.165 e. The van der Waals surface area contributed by atoms with Crippen LogP contribution in [-0.4, -0.2) is 36.2 Å². The Morgan fingerprint density at radius 1 is 1.25 bits per heavy atom. The van der Waals surface area contributed by atoms with Crippen molar-refractivity contribution in [1.29, 1.82) is 0 Å². The number of benzene rings is 1. The summed E-state index contributed by atoms with van der Waals surface area (Å²) in [5, 5.41) is 12.6. The Morgan fingerprint density at radius 3 is 2.55 bits per heavy atom. The fourth-order valence-electron chi connectivity index (χ4n) is 3.09. The second kappa shape index (κ2) is 6.55. The van der Waals surface area contributed by atoms with Crippen LogP contribution in [0.1, 0.15) is 37.7 Å². The van der Waals surface area contributed by atoms with E-state index in [0.717, 1.165) is 12.1 Å². The summed E-state index contributed by atoms with van der Waals surface area (Å²) in [5.41, 5.74) is 1.10. The molecule has 1 saturated carbocycles. The van der Waals surface area contributed by atoms with Crippen molar-refractivity contribution in [2.45, 2.75) is 44.2 Å². The molecule has 1 aliphatic rings. The first-order chi connectivity index (χ1) is 9.53. The highest BCUT2D eigenvalue weighted by Gasteiger charge is 2.33. The molecule has 0 atom stereocenters. The zero-order valence-corrected chi connectivity index (χ0v) is 12.5. The molecule has 0 aromatic heterocycles. The van der Waals surface area contributed by atoms with Gasteiger partial charge in [-0.15, -0.1) is 0 Å². The molecule has 2 rings (SSSR count). The van der Waals surface area contributed by atoms with Crippen LogP contribution in [0.3, 0.4) is 0 Å². The Kier molecular flexibility index (Phi) is 5.00. The molecule has 0 saturated heterocycles. The van der Waals surface area contributed by atoms with Gasteiger partial charge in [-0.3, -0.25) is 0 Å². The van der Waals surface area contributed by atoms with Gasteiger partial charge in [0.05, 0.1) is 0 Å². The van der Waals surface area contributed by atoms with Crippen molar-refractivity contribution >= 4 is 0 Å². The van der Waals surface area contributed by atoms with Crippen molar-refractivity contribution in [2.24, 2.45) is 0 Å². The van der Waals surface area contributed by atoms with E-state index in [0.29, 0.717) is 6.54 Å². The third kappa shape index (κ3) is 3.49. The average Bonchev–Trinajstić information content (AvgIpc) is 2.44. The molecule has 1 aliphatic carbocycles. The van der Waals surface area contributed by atoms with E-state index in [1.54, 1.807) is 6.07 Å². The van der Waals surface area contributed by atoms with Crippen LogP contribution in [-0.2, 0) is 6.54 Å². The molecular formula is C16H25FN2O. The number of hydrogen-bond acceptors (Lipinski definition) is 3. The Balaban J connectivity index is 1.91. The summed E-state index contributed by atoms with van der Waals surface area (Å²) in [4.78, 5) is 2.33. The van der Waals surface area contributed by atoms with Crippen molar-refractivity contribution in [3.05, 3.63) is 29.6 Å². The fraction of sp³-hybridized carbons (Fsp3) is 0.625. The van der Waals surface area contributed by atoms with E-state index in [4.69, 9.17) is 0 Å². The van der Waals surface area contributed by atoms with Gasteiger partial charge in [-0.1, -0.05) is 25.3 Å². The van der Waals surface area contributed by atoms with Gasteiger partial charge in [0.1, 0.15) is 0 Å². The van der Waals surface area contributed by atoms with Gasteiger partial charge in [0.2, 0.25) is 0 Å². The predicted octanol–water partition coefficient (Wildman–Crippen LogP) is 2.89. The molecule has 3 nitrogen and oxygen atoms in total. The lowest BCUT2D eigenvalue weighted by atomic mass is 9.80. The van der Waals surface area contributed by atoms with E-state index in [1.807, 2.05) is 0 Å². The van der Waals surface area contributed by atoms with Crippen LogP contribution in [0, 0.1) is 5.82 Å². The molecule has 20 heavy (non-hydrogen) atoms. The number of halogens is 1. The van der Waals surface area contributed by atoms with Crippen LogP contribution < -0.4 is 5.32 Å². The molecule has 4 heteroatoms. The van der Waals surface area contributed by atoms with E-state index >= 15 is 0 Å². The van der Waals surface area contributed by atoms with Crippen LogP contribution in [0.25, 0.3) is 0 Å². The summed E-state index contributed by atoms with van der Waals surface area (Å²) in [7, 11) is 4.29. The number of hydrogen-bond donors (Lipinski definition) is 2. The highest BCUT2D eigenvalue weighted by atomic mass is 19.1. The second-order valence-corrected chi connectivity index (χ2v) is 6.07. The van der Waals surface area contributed by atoms with Crippen molar-refractivity contribution in [1.82, 2.24) is 10.2 Å². The maximum atomic E-state index is 13.3. The summed E-state index contributed by atoms with van der Waals surface area (Å²) >= 11 is 0. The van der Waals surface area contributed by atoms with Crippen molar-refractivity contribution in [3.63, 3.8) is 0 Å². The van der Waals surface area contributed by atoms with Crippen LogP contribution in [0.5, 0.6) is 5.75 Å². The van der Waals surface area contributed by atoms with Gasteiger partial charge in [-0.25, -0.2) is 4.39 Å². The third-order valence-corrected chi connectivity index (χ3v) is 4.53. The molecule has 0 radical (unpaired) electrons. The molecule has 0 unspecified atom stereocenters. The lowest BCUT2D eigenvalue weighted by Gasteiger charge is -2.43. The van der Waals surface area contributed by atoms with E-state index in [1.165, 1.54) is 44.2 Å². The summed E-state index contributed by atoms with van der Waals surface area (Å²) < 4.78 is 13.3. The lowest BCUT2D eigenvalue weighted by molar-refractivity contribution is 0.0984. The molecule has 1 aromatic carbocycles. The first-order valence-electron chi connectivity index (χ1n) is 7.39. The lowest BCUT2D eigenvalue weighted by Crippen LogP contribution is -2.52. The zero-order valence-electron chi connectivity index (χ0n) is 12.5. The van der Waals surface area contributed by atoms with Crippen LogP contribution in [0.4, 0.5) is 4.39 Å². The number of phenolic OH excluding ortho intramolecular Hbond substituents is 1. The fourth-order valence-corrected chi connectivity index (χ4v) is 3.09. The Hall–Kier alpha value is -1.13. The van der Waals surface area contributed by atoms with Gasteiger partial charge in [0, 0.05) is 18.6 Å². The molecule has 1 fully saturated rings. The summed E-state index contributed by atoms with van der Waals surface area (Å²) in [5.74, 6) is -0.838. The number of nitrogens with one attached hydrogen (secondary N) is 1. The Bertz CT molecular complexity index is 442. The van der Waals surface area contributed by atoms with E-state index in [2.05, 4.69) is 24.3 Å². The summed E-state index contributed by atoms with van der Waals surface area (Å²) in [6.45, 7) is 1.55. The summed E-state index contributed by atoms with van der Waals surface area (Å²) in [6, 6.07) is 4.56. The molecular weight excluding hydrogens is 255 g/mol. The zero-order chi connectivity index (χ0) is 14.6. The summed E-state index contributed by atoms with van der Waals surface area (Å²) in [6.07, 6.45) is 6.34. The minimum Gasteiger partial charge on any atom is -0.505 e. The molecule has 0 heterocycles. The van der Waals surface area contributed by atoms with Crippen LogP contribution in [0.2, 0.25) is 0 Å². The second-order valence-electron chi connectivity index (χ2n) is 6.07. The van der Waals surface area contributed by atoms with Gasteiger partial charge < -0.3 is 15.3 Å². The predicted molar refractivity (Wildman–Crippen MR) is 79.3 cm³/mol. The van der Waals surface area contributed by atoms with Crippen molar-refractivity contribution < 1.29 is 9.50 Å². The molecule has 0 amide bonds. The largest absolute Gasteiger partial charge is 0.505 e. The minimum absolute atomic E-state index is 0.230. The topological polar surface area (TPSA) is 35.5 Å². The van der Waals surface area contributed by atoms with Gasteiger partial charge in [-0.05, 0) is 44.6 Å². The van der Waals surface area contributed by atoms with Gasteiger partial charge in [0.15, 0.2) is 11.6 Å². The number of aromatic hydroxyl groups is 1.